The molecule has 1 atom stereocenters. The third kappa shape index (κ3) is 1.85. The number of carbonyl (C=O) groups excluding carboxylic acids is 1. The van der Waals surface area contributed by atoms with Gasteiger partial charge in [-0.2, -0.15) is 0 Å². The normalized spacial score (nSPS) is 12.9. The maximum atomic E-state index is 12.0. The topological polar surface area (TPSA) is 34.0 Å². The molecule has 0 spiro atoms. The van der Waals surface area contributed by atoms with Crippen LogP contribution in [0.15, 0.2) is 17.5 Å². The molecule has 0 aliphatic rings. The summed E-state index contributed by atoms with van der Waals surface area (Å²) in [6, 6.07) is 4.22. The summed E-state index contributed by atoms with van der Waals surface area (Å²) in [5.41, 5.74) is 1.86. The second-order valence-electron chi connectivity index (χ2n) is 4.04. The van der Waals surface area contributed by atoms with Gasteiger partial charge in [-0.3, -0.25) is 4.79 Å². The monoisotopic (exact) mass is 236 g/mol. The number of thiophene rings is 1. The van der Waals surface area contributed by atoms with Crippen LogP contribution in [0.25, 0.3) is 10.2 Å². The SMILES string of the molecule is CC[C@@H](C)NC(=O)c1cc2sccc2n1C. The third-order valence-corrected chi connectivity index (χ3v) is 3.74. The van der Waals surface area contributed by atoms with E-state index in [1.807, 2.05) is 36.1 Å². The molecule has 0 aliphatic heterocycles. The highest BCUT2D eigenvalue weighted by atomic mass is 32.1. The van der Waals surface area contributed by atoms with E-state index in [1.165, 1.54) is 0 Å². The van der Waals surface area contributed by atoms with Gasteiger partial charge in [-0.25, -0.2) is 0 Å². The molecule has 2 aromatic rings. The smallest absolute Gasteiger partial charge is 0.268 e. The molecule has 0 unspecified atom stereocenters. The highest BCUT2D eigenvalue weighted by Crippen LogP contribution is 2.24. The highest BCUT2D eigenvalue weighted by Gasteiger charge is 2.14. The Morgan fingerprint density at radius 3 is 3.00 bits per heavy atom. The molecule has 4 heteroatoms. The van der Waals surface area contributed by atoms with Gasteiger partial charge in [0.15, 0.2) is 0 Å². The number of rotatable bonds is 3. The molecule has 2 heterocycles. The average Bonchev–Trinajstić information content (AvgIpc) is 2.81. The lowest BCUT2D eigenvalue weighted by molar-refractivity contribution is 0.0931. The van der Waals surface area contributed by atoms with E-state index < -0.39 is 0 Å². The molecule has 1 N–H and O–H groups in total. The molecule has 0 bridgehead atoms. The molecule has 86 valence electrons. The number of aromatic nitrogens is 1. The first-order chi connectivity index (χ1) is 7.63. The van der Waals surface area contributed by atoms with Crippen molar-refractivity contribution in [2.45, 2.75) is 26.3 Å². The van der Waals surface area contributed by atoms with E-state index in [4.69, 9.17) is 0 Å². The Hall–Kier alpha value is -1.29. The van der Waals surface area contributed by atoms with Crippen molar-refractivity contribution in [1.29, 1.82) is 0 Å². The van der Waals surface area contributed by atoms with Crippen molar-refractivity contribution in [3.63, 3.8) is 0 Å². The zero-order valence-electron chi connectivity index (χ0n) is 9.78. The van der Waals surface area contributed by atoms with Crippen LogP contribution in [0.1, 0.15) is 30.8 Å². The minimum Gasteiger partial charge on any atom is -0.348 e. The molecular weight excluding hydrogens is 220 g/mol. The molecule has 16 heavy (non-hydrogen) atoms. The van der Waals surface area contributed by atoms with Crippen LogP contribution in [-0.2, 0) is 7.05 Å². The Balaban J connectivity index is 2.29. The summed E-state index contributed by atoms with van der Waals surface area (Å²) in [6.45, 7) is 4.08. The molecule has 0 aromatic carbocycles. The molecule has 0 saturated carbocycles. The van der Waals surface area contributed by atoms with Crippen molar-refractivity contribution >= 4 is 27.5 Å². The summed E-state index contributed by atoms with van der Waals surface area (Å²) in [5, 5.41) is 5.02. The van der Waals surface area contributed by atoms with Crippen LogP contribution < -0.4 is 5.32 Å². The van der Waals surface area contributed by atoms with Crippen molar-refractivity contribution in [2.75, 3.05) is 0 Å². The molecule has 2 aromatic heterocycles. The van der Waals surface area contributed by atoms with Crippen LogP contribution >= 0.6 is 11.3 Å². The van der Waals surface area contributed by atoms with E-state index in [0.29, 0.717) is 0 Å². The van der Waals surface area contributed by atoms with E-state index >= 15 is 0 Å². The Morgan fingerprint density at radius 2 is 2.38 bits per heavy atom. The van der Waals surface area contributed by atoms with E-state index in [-0.39, 0.29) is 11.9 Å². The van der Waals surface area contributed by atoms with Gasteiger partial charge in [0.05, 0.1) is 10.2 Å². The fraction of sp³-hybridized carbons (Fsp3) is 0.417. The second kappa shape index (κ2) is 4.29. The van der Waals surface area contributed by atoms with Crippen LogP contribution in [0, 0.1) is 0 Å². The van der Waals surface area contributed by atoms with Crippen molar-refractivity contribution in [3.05, 3.63) is 23.2 Å². The number of carbonyl (C=O) groups is 1. The fourth-order valence-electron chi connectivity index (χ4n) is 1.67. The van der Waals surface area contributed by atoms with E-state index in [2.05, 4.69) is 12.2 Å². The third-order valence-electron chi connectivity index (χ3n) is 2.89. The largest absolute Gasteiger partial charge is 0.348 e. The minimum atomic E-state index is 0.0141. The van der Waals surface area contributed by atoms with Gasteiger partial charge < -0.3 is 9.88 Å². The number of nitrogens with zero attached hydrogens (tertiary/aromatic N) is 1. The van der Waals surface area contributed by atoms with Crippen LogP contribution in [0.3, 0.4) is 0 Å². The molecule has 1 amide bonds. The van der Waals surface area contributed by atoms with Crippen LogP contribution in [0.2, 0.25) is 0 Å². The Bertz CT molecular complexity index is 512. The number of amides is 1. The summed E-state index contributed by atoms with van der Waals surface area (Å²) in [5.74, 6) is 0.0141. The number of hydrogen-bond donors (Lipinski definition) is 1. The Morgan fingerprint density at radius 1 is 1.62 bits per heavy atom. The maximum absolute atomic E-state index is 12.0. The first-order valence-corrected chi connectivity index (χ1v) is 6.35. The molecule has 3 nitrogen and oxygen atoms in total. The lowest BCUT2D eigenvalue weighted by Gasteiger charge is -2.11. The summed E-state index contributed by atoms with van der Waals surface area (Å²) in [4.78, 5) is 12.0. The summed E-state index contributed by atoms with van der Waals surface area (Å²) >= 11 is 1.66. The van der Waals surface area contributed by atoms with Gasteiger partial charge in [0, 0.05) is 13.1 Å². The molecule has 0 saturated heterocycles. The van der Waals surface area contributed by atoms with Crippen molar-refractivity contribution in [1.82, 2.24) is 9.88 Å². The number of nitrogens with one attached hydrogen (secondary N) is 1. The maximum Gasteiger partial charge on any atom is 0.268 e. The molecule has 0 radical (unpaired) electrons. The predicted octanol–water partition coefficient (Wildman–Crippen LogP) is 2.77. The number of fused-ring (bicyclic) bond motifs is 1. The quantitative estimate of drug-likeness (QED) is 0.873. The van der Waals surface area contributed by atoms with Gasteiger partial charge in [0.25, 0.3) is 5.91 Å². The van der Waals surface area contributed by atoms with Gasteiger partial charge in [-0.15, -0.1) is 11.3 Å². The Kier molecular flexibility index (Phi) is 3.01. The predicted molar refractivity (Wildman–Crippen MR) is 68.0 cm³/mol. The van der Waals surface area contributed by atoms with Crippen LogP contribution in [0.5, 0.6) is 0 Å². The summed E-state index contributed by atoms with van der Waals surface area (Å²) in [7, 11) is 1.93. The molecule has 2 rings (SSSR count). The minimum absolute atomic E-state index is 0.0141. The van der Waals surface area contributed by atoms with E-state index in [0.717, 1.165) is 22.3 Å². The van der Waals surface area contributed by atoms with Crippen molar-refractivity contribution < 1.29 is 4.79 Å². The van der Waals surface area contributed by atoms with Gasteiger partial charge in [-0.1, -0.05) is 6.92 Å². The standard InChI is InChI=1S/C12H16N2OS/c1-4-8(2)13-12(15)10-7-11-9(14(10)3)5-6-16-11/h5-8H,4H2,1-3H3,(H,13,15)/t8-/m1/s1. The summed E-state index contributed by atoms with van der Waals surface area (Å²) in [6.07, 6.45) is 0.949. The number of aryl methyl sites for hydroxylation is 1. The van der Waals surface area contributed by atoms with Crippen LogP contribution in [0.4, 0.5) is 0 Å². The lowest BCUT2D eigenvalue weighted by Crippen LogP contribution is -2.33. The molecular formula is C12H16N2OS. The number of hydrogen-bond acceptors (Lipinski definition) is 2. The zero-order chi connectivity index (χ0) is 11.7. The first-order valence-electron chi connectivity index (χ1n) is 5.47. The van der Waals surface area contributed by atoms with Gasteiger partial charge in [-0.05, 0) is 30.9 Å². The Labute approximate surface area is 99.1 Å². The second-order valence-corrected chi connectivity index (χ2v) is 4.99. The first kappa shape index (κ1) is 11.2. The molecule has 0 fully saturated rings. The summed E-state index contributed by atoms with van der Waals surface area (Å²) < 4.78 is 3.11. The van der Waals surface area contributed by atoms with Gasteiger partial charge in [0.1, 0.15) is 5.69 Å². The lowest BCUT2D eigenvalue weighted by atomic mass is 10.2. The van der Waals surface area contributed by atoms with Crippen molar-refractivity contribution in [2.24, 2.45) is 7.05 Å². The van der Waals surface area contributed by atoms with Crippen LogP contribution in [-0.4, -0.2) is 16.5 Å². The van der Waals surface area contributed by atoms with E-state index in [1.54, 1.807) is 11.3 Å². The van der Waals surface area contributed by atoms with Gasteiger partial charge >= 0.3 is 0 Å². The highest BCUT2D eigenvalue weighted by molar-refractivity contribution is 7.17. The zero-order valence-corrected chi connectivity index (χ0v) is 10.6. The fourth-order valence-corrected chi connectivity index (χ4v) is 2.52. The van der Waals surface area contributed by atoms with E-state index in [9.17, 15) is 4.79 Å². The van der Waals surface area contributed by atoms with Gasteiger partial charge in [0.2, 0.25) is 0 Å². The molecule has 0 aliphatic carbocycles. The average molecular weight is 236 g/mol. The van der Waals surface area contributed by atoms with Crippen molar-refractivity contribution in [3.8, 4) is 0 Å².